The van der Waals surface area contributed by atoms with Crippen molar-refractivity contribution in [2.75, 3.05) is 39.8 Å². The third kappa shape index (κ3) is 9.55. The summed E-state index contributed by atoms with van der Waals surface area (Å²) in [5.41, 5.74) is 2.52. The number of nitrogens with one attached hydrogen (secondary N) is 3. The van der Waals surface area contributed by atoms with Gasteiger partial charge in [0.25, 0.3) is 0 Å². The lowest BCUT2D eigenvalue weighted by Crippen LogP contribution is -2.56. The van der Waals surface area contributed by atoms with E-state index in [2.05, 4.69) is 26.3 Å². The van der Waals surface area contributed by atoms with E-state index in [0.717, 1.165) is 16.7 Å². The molecular weight excluding hydrogens is 656 g/mol. The van der Waals surface area contributed by atoms with Gasteiger partial charge in [0.1, 0.15) is 23.8 Å². The molecule has 15 heteroatoms. The highest BCUT2D eigenvalue weighted by Gasteiger charge is 2.45. The van der Waals surface area contributed by atoms with Crippen LogP contribution in [0.4, 0.5) is 0 Å². The maximum absolute atomic E-state index is 14.3. The second-order valence-corrected chi connectivity index (χ2v) is 14.0. The minimum Gasteiger partial charge on any atom is -0.391 e. The summed E-state index contributed by atoms with van der Waals surface area (Å²) in [6, 6.07) is 14.2. The average Bonchev–Trinajstić information content (AvgIpc) is 3.73. The highest BCUT2D eigenvalue weighted by Crippen LogP contribution is 2.34. The number of aliphatic hydroxyl groups excluding tert-OH is 1. The number of hydrogen-bond donors (Lipinski definition) is 4. The smallest absolute Gasteiger partial charge is 0.248 e. The van der Waals surface area contributed by atoms with Gasteiger partial charge in [-0.1, -0.05) is 80.6 Å². The maximum Gasteiger partial charge on any atom is 0.248 e. The van der Waals surface area contributed by atoms with Gasteiger partial charge in [0.15, 0.2) is 0 Å². The first-order chi connectivity index (χ1) is 24.3. The Hall–Kier alpha value is -5.15. The second kappa shape index (κ2) is 16.2. The van der Waals surface area contributed by atoms with E-state index in [4.69, 9.17) is 4.74 Å². The molecule has 2 aliphatic rings. The average molecular weight is 703 g/mol. The number of aliphatic hydroxyl groups is 1. The highest BCUT2D eigenvalue weighted by molar-refractivity contribution is 5.95. The lowest BCUT2D eigenvalue weighted by atomic mass is 9.85. The van der Waals surface area contributed by atoms with Crippen LogP contribution in [0.3, 0.4) is 0 Å². The second-order valence-electron chi connectivity index (χ2n) is 14.0. The summed E-state index contributed by atoms with van der Waals surface area (Å²) in [4.78, 5) is 69.8. The molecule has 15 nitrogen and oxygen atoms in total. The molecule has 2 aromatic carbocycles. The Morgan fingerprint density at radius 2 is 1.63 bits per heavy atom. The lowest BCUT2D eigenvalue weighted by Gasteiger charge is -2.35. The van der Waals surface area contributed by atoms with Gasteiger partial charge in [0.2, 0.25) is 29.5 Å². The molecule has 0 radical (unpaired) electrons. The Morgan fingerprint density at radius 1 is 0.922 bits per heavy atom. The molecule has 1 unspecified atom stereocenters. The van der Waals surface area contributed by atoms with E-state index >= 15 is 0 Å². The van der Waals surface area contributed by atoms with Crippen molar-refractivity contribution in [2.24, 2.45) is 5.41 Å². The van der Waals surface area contributed by atoms with Gasteiger partial charge in [0.05, 0.1) is 38.6 Å². The predicted octanol–water partition coefficient (Wildman–Crippen LogP) is 0.443. The van der Waals surface area contributed by atoms with Crippen LogP contribution in [0, 0.1) is 5.41 Å². The molecule has 2 aliphatic heterocycles. The number of carbonyl (C=O) groups is 5. The van der Waals surface area contributed by atoms with Gasteiger partial charge in [-0.2, -0.15) is 0 Å². The fourth-order valence-corrected chi connectivity index (χ4v) is 6.19. The molecule has 1 saturated heterocycles. The Morgan fingerprint density at radius 3 is 2.33 bits per heavy atom. The number of ether oxygens (including phenoxy) is 1. The Labute approximate surface area is 296 Å². The first-order valence-corrected chi connectivity index (χ1v) is 17.0. The van der Waals surface area contributed by atoms with Crippen LogP contribution in [0.1, 0.15) is 44.5 Å². The van der Waals surface area contributed by atoms with Gasteiger partial charge in [0, 0.05) is 33.0 Å². The van der Waals surface area contributed by atoms with Gasteiger partial charge in [-0.3, -0.25) is 24.0 Å². The summed E-state index contributed by atoms with van der Waals surface area (Å²) in [5.74, 6) is -2.64. The van der Waals surface area contributed by atoms with Crippen LogP contribution in [0.2, 0.25) is 0 Å². The summed E-state index contributed by atoms with van der Waals surface area (Å²) in [7, 11) is 1.58. The zero-order valence-electron chi connectivity index (χ0n) is 29.4. The summed E-state index contributed by atoms with van der Waals surface area (Å²) in [5, 5.41) is 27.0. The molecule has 0 saturated carbocycles. The number of hydrogen-bond acceptors (Lipinski definition) is 9. The van der Waals surface area contributed by atoms with E-state index in [1.807, 2.05) is 75.4 Å². The third-order valence-electron chi connectivity index (χ3n) is 8.98. The molecule has 2 bridgehead atoms. The van der Waals surface area contributed by atoms with E-state index in [1.165, 1.54) is 14.5 Å². The number of fused-ring (bicyclic) bond motifs is 3. The Balaban J connectivity index is 1.43. The van der Waals surface area contributed by atoms with Crippen LogP contribution >= 0.6 is 0 Å². The molecule has 0 aliphatic carbocycles. The normalized spacial score (nSPS) is 23.4. The zero-order valence-corrected chi connectivity index (χ0v) is 29.4. The number of rotatable bonds is 3. The molecule has 4 N–H and O–H groups in total. The van der Waals surface area contributed by atoms with Crippen molar-refractivity contribution in [2.45, 2.75) is 64.4 Å². The Kier molecular flexibility index (Phi) is 11.8. The van der Waals surface area contributed by atoms with Crippen molar-refractivity contribution in [1.29, 1.82) is 0 Å². The fourth-order valence-electron chi connectivity index (χ4n) is 6.19. The van der Waals surface area contributed by atoms with E-state index < -0.39 is 59.8 Å². The minimum absolute atomic E-state index is 0.0319. The van der Waals surface area contributed by atoms with E-state index in [9.17, 15) is 29.1 Å². The van der Waals surface area contributed by atoms with Gasteiger partial charge in [-0.05, 0) is 22.1 Å². The lowest BCUT2D eigenvalue weighted by molar-refractivity contribution is -0.144. The maximum atomic E-state index is 14.3. The number of nitrogens with zero attached hydrogens (tertiary/aromatic N) is 5. The first kappa shape index (κ1) is 37.1. The van der Waals surface area contributed by atoms with Crippen LogP contribution in [0.15, 0.2) is 60.8 Å². The first-order valence-electron chi connectivity index (χ1n) is 17.0. The monoisotopic (exact) mass is 702 g/mol. The zero-order chi connectivity index (χ0) is 36.7. The quantitative estimate of drug-likeness (QED) is 0.301. The van der Waals surface area contributed by atoms with Crippen LogP contribution in [0.25, 0.3) is 11.1 Å². The van der Waals surface area contributed by atoms with Gasteiger partial charge < -0.3 is 35.6 Å². The third-order valence-corrected chi connectivity index (χ3v) is 8.98. The van der Waals surface area contributed by atoms with Crippen LogP contribution in [-0.4, -0.2) is 117 Å². The van der Waals surface area contributed by atoms with E-state index in [1.54, 1.807) is 13.2 Å². The minimum atomic E-state index is -1.13. The molecule has 3 aromatic rings. The topological polar surface area (TPSA) is 188 Å². The molecule has 3 heterocycles. The van der Waals surface area contributed by atoms with E-state index in [0.29, 0.717) is 5.69 Å². The van der Waals surface area contributed by atoms with Crippen LogP contribution < -0.4 is 16.0 Å². The van der Waals surface area contributed by atoms with Crippen molar-refractivity contribution in [3.8, 4) is 11.1 Å². The van der Waals surface area contributed by atoms with Crippen LogP contribution in [-0.2, 0) is 41.7 Å². The molecule has 51 heavy (non-hydrogen) atoms. The molecule has 5 rings (SSSR count). The van der Waals surface area contributed by atoms with Crippen molar-refractivity contribution in [3.05, 3.63) is 72.1 Å². The number of carbonyl (C=O) groups excluding carboxylic acids is 5. The Bertz CT molecular complexity index is 1710. The SMILES string of the molecule is CN1CCOCc2cn(nn2)C(C(C)(C)C)C(=O)N2C[C@H](O)C[C@H]2C(=O)N[C@H](Cc2ccc(-c3ccccc3)cc2)C(=O)NCC(=O)NCC1=O. The molecule has 1 fully saturated rings. The standard InChI is InChI=1S/C36H46N8O7/c1-36(2,3)32-35(50)43-21-27(45)17-29(43)34(49)39-28(16-23-10-12-25(13-11-23)24-8-6-5-7-9-24)33(48)38-18-30(46)37-19-31(47)42(4)14-15-51-22-26-20-44(32)41-40-26/h5-13,20,27-29,32,45H,14-19,21-22H2,1-4H3,(H,37,46)(H,38,48)(H,39,49)/t27-,28-,29+,32?/m1/s1. The molecule has 0 spiro atoms. The summed E-state index contributed by atoms with van der Waals surface area (Å²) < 4.78 is 7.14. The fraction of sp³-hybridized carbons (Fsp3) is 0.472. The van der Waals surface area contributed by atoms with Crippen LogP contribution in [0.5, 0.6) is 0 Å². The highest BCUT2D eigenvalue weighted by atomic mass is 16.5. The van der Waals surface area contributed by atoms with E-state index in [-0.39, 0.29) is 51.6 Å². The van der Waals surface area contributed by atoms with Crippen molar-refractivity contribution in [3.63, 3.8) is 0 Å². The molecule has 272 valence electrons. The molecule has 1 aromatic heterocycles. The molecular formula is C36H46N8O7. The van der Waals surface area contributed by atoms with Gasteiger partial charge in [-0.15, -0.1) is 5.10 Å². The largest absolute Gasteiger partial charge is 0.391 e. The van der Waals surface area contributed by atoms with Gasteiger partial charge >= 0.3 is 0 Å². The van der Waals surface area contributed by atoms with Crippen molar-refractivity contribution in [1.82, 2.24) is 40.7 Å². The summed E-state index contributed by atoms with van der Waals surface area (Å²) in [6.45, 7) is 5.30. The van der Waals surface area contributed by atoms with Crippen molar-refractivity contribution >= 4 is 29.5 Å². The summed E-state index contributed by atoms with van der Waals surface area (Å²) >= 11 is 0. The number of aromatic nitrogens is 3. The number of amides is 5. The van der Waals surface area contributed by atoms with Gasteiger partial charge in [-0.25, -0.2) is 4.68 Å². The van der Waals surface area contributed by atoms with Crippen molar-refractivity contribution < 1.29 is 33.8 Å². The predicted molar refractivity (Wildman–Crippen MR) is 185 cm³/mol. The molecule has 4 atom stereocenters. The number of likely N-dealkylation sites (N-methyl/N-ethyl adjacent to an activating group) is 1. The number of benzene rings is 2. The molecule has 5 amide bonds. The summed E-state index contributed by atoms with van der Waals surface area (Å²) in [6.07, 6.45) is 0.683.